The van der Waals surface area contributed by atoms with E-state index in [4.69, 9.17) is 4.74 Å². The molecule has 0 bridgehead atoms. The van der Waals surface area contributed by atoms with Crippen LogP contribution in [0.4, 0.5) is 0 Å². The monoisotopic (exact) mass is 307 g/mol. The Bertz CT molecular complexity index is 584. The minimum atomic E-state index is -0.372. The molecule has 1 aliphatic heterocycles. The molecule has 0 atom stereocenters. The highest BCUT2D eigenvalue weighted by molar-refractivity contribution is 6.01. The number of likely N-dealkylation sites (N-methyl/N-ethyl adjacent to an activating group) is 1. The van der Waals surface area contributed by atoms with Gasteiger partial charge in [0.1, 0.15) is 5.69 Å². The van der Waals surface area contributed by atoms with Crippen molar-refractivity contribution in [1.29, 1.82) is 0 Å². The highest BCUT2D eigenvalue weighted by Crippen LogP contribution is 2.24. The second-order valence-corrected chi connectivity index (χ2v) is 5.81. The zero-order chi connectivity index (χ0) is 16.4. The maximum atomic E-state index is 12.8. The summed E-state index contributed by atoms with van der Waals surface area (Å²) in [5, 5.41) is 0. The molecule has 22 heavy (non-hydrogen) atoms. The number of carbonyl (C=O) groups excluding carboxylic acids is 2. The number of hydrogen-bond donors (Lipinski definition) is 0. The smallest absolute Gasteiger partial charge is 0.355 e. The Morgan fingerprint density at radius 2 is 1.68 bits per heavy atom. The molecule has 0 aromatic carbocycles. The van der Waals surface area contributed by atoms with Gasteiger partial charge < -0.3 is 19.1 Å². The van der Waals surface area contributed by atoms with Crippen LogP contribution in [0.1, 0.15) is 39.0 Å². The lowest BCUT2D eigenvalue weighted by Crippen LogP contribution is -2.47. The van der Waals surface area contributed by atoms with E-state index in [0.29, 0.717) is 23.4 Å². The molecular formula is C16H25N3O3. The van der Waals surface area contributed by atoms with Crippen LogP contribution < -0.4 is 0 Å². The molecule has 1 aliphatic rings. The van der Waals surface area contributed by atoms with Crippen molar-refractivity contribution in [3.05, 3.63) is 22.5 Å². The van der Waals surface area contributed by atoms with Crippen LogP contribution in [0.3, 0.4) is 0 Å². The van der Waals surface area contributed by atoms with Crippen molar-refractivity contribution < 1.29 is 14.3 Å². The van der Waals surface area contributed by atoms with E-state index in [1.807, 2.05) is 18.7 Å². The third-order valence-electron chi connectivity index (χ3n) is 4.40. The van der Waals surface area contributed by atoms with E-state index < -0.39 is 0 Å². The summed E-state index contributed by atoms with van der Waals surface area (Å²) in [4.78, 5) is 29.0. The van der Waals surface area contributed by atoms with Crippen LogP contribution in [0, 0.1) is 13.8 Å². The predicted molar refractivity (Wildman–Crippen MR) is 84.2 cm³/mol. The molecule has 6 nitrogen and oxygen atoms in total. The van der Waals surface area contributed by atoms with E-state index in [9.17, 15) is 9.59 Å². The maximum Gasteiger partial charge on any atom is 0.355 e. The van der Waals surface area contributed by atoms with E-state index >= 15 is 0 Å². The summed E-state index contributed by atoms with van der Waals surface area (Å²) in [7, 11) is 3.86. The van der Waals surface area contributed by atoms with Gasteiger partial charge in [-0.1, -0.05) is 0 Å². The molecule has 1 aromatic rings. The number of piperazine rings is 1. The summed E-state index contributed by atoms with van der Waals surface area (Å²) >= 11 is 0. The minimum Gasteiger partial charge on any atom is -0.461 e. The van der Waals surface area contributed by atoms with Crippen molar-refractivity contribution in [2.75, 3.05) is 39.8 Å². The van der Waals surface area contributed by atoms with Gasteiger partial charge in [0.05, 0.1) is 12.2 Å². The van der Waals surface area contributed by atoms with Gasteiger partial charge in [-0.15, -0.1) is 0 Å². The molecular weight excluding hydrogens is 282 g/mol. The van der Waals surface area contributed by atoms with Gasteiger partial charge in [0.25, 0.3) is 5.91 Å². The Hall–Kier alpha value is -1.82. The number of amides is 1. The molecule has 2 heterocycles. The van der Waals surface area contributed by atoms with Gasteiger partial charge in [-0.3, -0.25) is 4.79 Å². The van der Waals surface area contributed by atoms with Crippen molar-refractivity contribution >= 4 is 11.9 Å². The van der Waals surface area contributed by atoms with Crippen molar-refractivity contribution in [2.24, 2.45) is 7.05 Å². The van der Waals surface area contributed by atoms with Crippen molar-refractivity contribution in [2.45, 2.75) is 20.8 Å². The number of nitrogens with zero attached hydrogens (tertiary/aromatic N) is 3. The molecule has 122 valence electrons. The molecule has 2 rings (SSSR count). The molecule has 0 unspecified atom stereocenters. The SMILES string of the molecule is CCOC(=O)c1c(C)c(C(=O)N2CCN(C)CC2)c(C)n1C. The molecule has 1 aromatic heterocycles. The average Bonchev–Trinajstić information content (AvgIpc) is 2.69. The van der Waals surface area contributed by atoms with E-state index in [0.717, 1.165) is 31.9 Å². The van der Waals surface area contributed by atoms with Gasteiger partial charge in [0.2, 0.25) is 0 Å². The van der Waals surface area contributed by atoms with Gasteiger partial charge in [0, 0.05) is 38.9 Å². The topological polar surface area (TPSA) is 54.8 Å². The third kappa shape index (κ3) is 2.88. The first-order valence-electron chi connectivity index (χ1n) is 7.69. The van der Waals surface area contributed by atoms with Crippen molar-refractivity contribution in [3.63, 3.8) is 0 Å². The number of aromatic nitrogens is 1. The fourth-order valence-corrected chi connectivity index (χ4v) is 2.95. The third-order valence-corrected chi connectivity index (χ3v) is 4.40. The van der Waals surface area contributed by atoms with Crippen molar-refractivity contribution in [3.8, 4) is 0 Å². The van der Waals surface area contributed by atoms with Gasteiger partial charge in [-0.25, -0.2) is 4.79 Å². The van der Waals surface area contributed by atoms with Gasteiger partial charge in [0.15, 0.2) is 0 Å². The molecule has 0 N–H and O–H groups in total. The van der Waals surface area contributed by atoms with Crippen LogP contribution in [0.15, 0.2) is 0 Å². The molecule has 0 radical (unpaired) electrons. The quantitative estimate of drug-likeness (QED) is 0.788. The molecule has 1 fully saturated rings. The van der Waals surface area contributed by atoms with E-state index in [1.54, 1.807) is 18.5 Å². The highest BCUT2D eigenvalue weighted by Gasteiger charge is 2.29. The lowest BCUT2D eigenvalue weighted by atomic mass is 10.1. The second-order valence-electron chi connectivity index (χ2n) is 5.81. The number of rotatable bonds is 3. The number of ether oxygens (including phenoxy) is 1. The van der Waals surface area contributed by atoms with Crippen LogP contribution in [0.5, 0.6) is 0 Å². The first kappa shape index (κ1) is 16.5. The first-order valence-corrected chi connectivity index (χ1v) is 7.69. The Morgan fingerprint density at radius 1 is 1.09 bits per heavy atom. The van der Waals surface area contributed by atoms with Gasteiger partial charge in [-0.2, -0.15) is 0 Å². The summed E-state index contributed by atoms with van der Waals surface area (Å²) < 4.78 is 6.87. The van der Waals surface area contributed by atoms with Gasteiger partial charge in [-0.05, 0) is 33.4 Å². The zero-order valence-electron chi connectivity index (χ0n) is 14.1. The predicted octanol–water partition coefficient (Wildman–Crippen LogP) is 1.21. The van der Waals surface area contributed by atoms with Crippen LogP contribution in [0.2, 0.25) is 0 Å². The summed E-state index contributed by atoms with van der Waals surface area (Å²) in [5.74, 6) is -0.364. The Morgan fingerprint density at radius 3 is 2.23 bits per heavy atom. The van der Waals surface area contributed by atoms with E-state index in [1.165, 1.54) is 0 Å². The largest absolute Gasteiger partial charge is 0.461 e. The Labute approximate surface area is 131 Å². The summed E-state index contributed by atoms with van der Waals surface area (Å²) in [6, 6.07) is 0. The molecule has 0 aliphatic carbocycles. The van der Waals surface area contributed by atoms with Crippen LogP contribution in [-0.4, -0.2) is 66.1 Å². The van der Waals surface area contributed by atoms with Crippen molar-refractivity contribution in [1.82, 2.24) is 14.4 Å². The molecule has 0 spiro atoms. The zero-order valence-corrected chi connectivity index (χ0v) is 14.1. The second kappa shape index (κ2) is 6.52. The highest BCUT2D eigenvalue weighted by atomic mass is 16.5. The summed E-state index contributed by atoms with van der Waals surface area (Å²) in [6.07, 6.45) is 0. The fourth-order valence-electron chi connectivity index (χ4n) is 2.95. The number of hydrogen-bond acceptors (Lipinski definition) is 4. The number of esters is 1. The van der Waals surface area contributed by atoms with Crippen LogP contribution in [-0.2, 0) is 11.8 Å². The average molecular weight is 307 g/mol. The lowest BCUT2D eigenvalue weighted by Gasteiger charge is -2.32. The maximum absolute atomic E-state index is 12.8. The van der Waals surface area contributed by atoms with E-state index in [-0.39, 0.29) is 11.9 Å². The summed E-state index contributed by atoms with van der Waals surface area (Å²) in [5.41, 5.74) is 2.62. The Balaban J connectivity index is 2.33. The lowest BCUT2D eigenvalue weighted by molar-refractivity contribution is 0.0514. The standard InChI is InChI=1S/C16H25N3O3/c1-6-22-16(21)14-11(2)13(12(3)18(14)5)15(20)19-9-7-17(4)8-10-19/h6-10H2,1-5H3. The van der Waals surface area contributed by atoms with Crippen LogP contribution in [0.25, 0.3) is 0 Å². The molecule has 6 heteroatoms. The molecule has 1 amide bonds. The normalized spacial score (nSPS) is 16.0. The molecule has 1 saturated heterocycles. The Kier molecular flexibility index (Phi) is 4.90. The first-order chi connectivity index (χ1) is 10.4. The fraction of sp³-hybridized carbons (Fsp3) is 0.625. The van der Waals surface area contributed by atoms with E-state index in [2.05, 4.69) is 11.9 Å². The molecule has 0 saturated carbocycles. The number of carbonyl (C=O) groups is 2. The van der Waals surface area contributed by atoms with Crippen LogP contribution >= 0.6 is 0 Å². The summed E-state index contributed by atoms with van der Waals surface area (Å²) in [6.45, 7) is 8.99. The van der Waals surface area contributed by atoms with Gasteiger partial charge >= 0.3 is 5.97 Å². The minimum absolute atomic E-state index is 0.00856.